The van der Waals surface area contributed by atoms with E-state index in [0.29, 0.717) is 19.0 Å². The molecule has 0 aliphatic carbocycles. The average Bonchev–Trinajstić information content (AvgIpc) is 3.23. The van der Waals surface area contributed by atoms with Crippen molar-refractivity contribution in [3.63, 3.8) is 0 Å². The molecule has 3 heterocycles. The third-order valence-electron chi connectivity index (χ3n) is 5.62. The largest absolute Gasteiger partial charge is 0.331 e. The predicted molar refractivity (Wildman–Crippen MR) is 117 cm³/mol. The Labute approximate surface area is 177 Å². The SMILES string of the molecule is Cc1cccc(CN(Cc2ccccc2)C(=O)Cn2nccc2[C@H]2CCCNC2)n1. The molecule has 30 heavy (non-hydrogen) atoms. The van der Waals surface area contributed by atoms with Crippen molar-refractivity contribution >= 4 is 5.91 Å². The topological polar surface area (TPSA) is 63.1 Å². The van der Waals surface area contributed by atoms with Crippen LogP contribution in [0.1, 0.15) is 41.4 Å². The lowest BCUT2D eigenvalue weighted by Gasteiger charge is -2.26. The van der Waals surface area contributed by atoms with Gasteiger partial charge in [0, 0.05) is 36.6 Å². The third kappa shape index (κ3) is 5.13. The lowest BCUT2D eigenvalue weighted by Crippen LogP contribution is -2.35. The first-order valence-corrected chi connectivity index (χ1v) is 10.7. The summed E-state index contributed by atoms with van der Waals surface area (Å²) in [4.78, 5) is 19.8. The maximum Gasteiger partial charge on any atom is 0.244 e. The summed E-state index contributed by atoms with van der Waals surface area (Å²) < 4.78 is 1.88. The maximum atomic E-state index is 13.4. The van der Waals surface area contributed by atoms with Gasteiger partial charge in [-0.25, -0.2) is 0 Å². The Hall–Kier alpha value is -2.99. The van der Waals surface area contributed by atoms with Crippen LogP contribution in [-0.4, -0.2) is 38.7 Å². The Morgan fingerprint density at radius 3 is 2.77 bits per heavy atom. The highest BCUT2D eigenvalue weighted by atomic mass is 16.2. The highest BCUT2D eigenvalue weighted by Gasteiger charge is 2.22. The lowest BCUT2D eigenvalue weighted by atomic mass is 9.96. The molecule has 156 valence electrons. The van der Waals surface area contributed by atoms with E-state index >= 15 is 0 Å². The van der Waals surface area contributed by atoms with Crippen LogP contribution < -0.4 is 5.32 Å². The molecule has 0 bridgehead atoms. The average molecular weight is 404 g/mol. The second-order valence-electron chi connectivity index (χ2n) is 7.96. The van der Waals surface area contributed by atoms with E-state index in [1.807, 2.05) is 52.9 Å². The van der Waals surface area contributed by atoms with E-state index in [1.165, 1.54) is 0 Å². The summed E-state index contributed by atoms with van der Waals surface area (Å²) in [6.07, 6.45) is 4.09. The lowest BCUT2D eigenvalue weighted by molar-refractivity contribution is -0.133. The van der Waals surface area contributed by atoms with Crippen molar-refractivity contribution in [3.05, 3.63) is 83.4 Å². The standard InChI is InChI=1S/C24H29N5O/c1-19-7-5-11-22(27-19)17-28(16-20-8-3-2-4-9-20)24(30)18-29-23(12-14-26-29)21-10-6-13-25-15-21/h2-5,7-9,11-12,14,21,25H,6,10,13,15-18H2,1H3/t21-/m0/s1. The van der Waals surface area contributed by atoms with Crippen LogP contribution in [0.3, 0.4) is 0 Å². The number of carbonyl (C=O) groups is 1. The number of hydrogen-bond donors (Lipinski definition) is 1. The fraction of sp³-hybridized carbons (Fsp3) is 0.375. The number of nitrogens with zero attached hydrogens (tertiary/aromatic N) is 4. The van der Waals surface area contributed by atoms with Gasteiger partial charge in [0.15, 0.2) is 0 Å². The first-order chi connectivity index (χ1) is 14.7. The summed E-state index contributed by atoms with van der Waals surface area (Å²) in [6, 6.07) is 18.1. The summed E-state index contributed by atoms with van der Waals surface area (Å²) in [5.74, 6) is 0.464. The number of nitrogens with one attached hydrogen (secondary N) is 1. The molecular weight excluding hydrogens is 374 g/mol. The molecule has 6 heteroatoms. The second-order valence-corrected chi connectivity index (χ2v) is 7.96. The Balaban J connectivity index is 1.52. The molecular formula is C24H29N5O. The Morgan fingerprint density at radius 2 is 2.00 bits per heavy atom. The van der Waals surface area contributed by atoms with Gasteiger partial charge in [-0.1, -0.05) is 36.4 Å². The Morgan fingerprint density at radius 1 is 1.13 bits per heavy atom. The number of benzene rings is 1. The van der Waals surface area contributed by atoms with Crippen LogP contribution in [0.15, 0.2) is 60.8 Å². The summed E-state index contributed by atoms with van der Waals surface area (Å²) >= 11 is 0. The molecule has 0 spiro atoms. The summed E-state index contributed by atoms with van der Waals surface area (Å²) in [5, 5.41) is 7.92. The highest BCUT2D eigenvalue weighted by Crippen LogP contribution is 2.23. The van der Waals surface area contributed by atoms with Gasteiger partial charge < -0.3 is 10.2 Å². The van der Waals surface area contributed by atoms with Crippen LogP contribution in [0, 0.1) is 6.92 Å². The minimum Gasteiger partial charge on any atom is -0.331 e. The van der Waals surface area contributed by atoms with Crippen molar-refractivity contribution in [1.82, 2.24) is 25.0 Å². The van der Waals surface area contributed by atoms with E-state index in [-0.39, 0.29) is 12.5 Å². The van der Waals surface area contributed by atoms with Gasteiger partial charge in [0.2, 0.25) is 5.91 Å². The zero-order valence-electron chi connectivity index (χ0n) is 17.5. The van der Waals surface area contributed by atoms with Crippen molar-refractivity contribution in [1.29, 1.82) is 0 Å². The molecule has 0 radical (unpaired) electrons. The van der Waals surface area contributed by atoms with Crippen LogP contribution in [0.25, 0.3) is 0 Å². The fourth-order valence-corrected chi connectivity index (χ4v) is 4.07. The molecule has 0 unspecified atom stereocenters. The monoisotopic (exact) mass is 403 g/mol. The summed E-state index contributed by atoms with van der Waals surface area (Å²) in [6.45, 7) is 5.27. The van der Waals surface area contributed by atoms with Gasteiger partial charge in [-0.2, -0.15) is 5.10 Å². The fourth-order valence-electron chi connectivity index (χ4n) is 4.07. The molecule has 1 atom stereocenters. The Bertz CT molecular complexity index is 962. The van der Waals surface area contributed by atoms with E-state index in [4.69, 9.17) is 0 Å². The first kappa shape index (κ1) is 20.3. The Kier molecular flexibility index (Phi) is 6.54. The van der Waals surface area contributed by atoms with Gasteiger partial charge in [0.05, 0.1) is 12.2 Å². The molecule has 4 rings (SSSR count). The van der Waals surface area contributed by atoms with Crippen molar-refractivity contribution in [2.24, 2.45) is 0 Å². The van der Waals surface area contributed by atoms with E-state index < -0.39 is 0 Å². The van der Waals surface area contributed by atoms with Crippen molar-refractivity contribution in [3.8, 4) is 0 Å². The number of pyridine rings is 1. The zero-order valence-corrected chi connectivity index (χ0v) is 17.5. The number of rotatable bonds is 7. The number of aromatic nitrogens is 3. The second kappa shape index (κ2) is 9.67. The smallest absolute Gasteiger partial charge is 0.244 e. The van der Waals surface area contributed by atoms with Gasteiger partial charge in [-0.05, 0) is 50.1 Å². The number of amides is 1. The number of hydrogen-bond acceptors (Lipinski definition) is 4. The molecule has 1 aliphatic rings. The molecule has 1 aliphatic heterocycles. The van der Waals surface area contributed by atoms with Gasteiger partial charge >= 0.3 is 0 Å². The molecule has 2 aromatic heterocycles. The summed E-state index contributed by atoms with van der Waals surface area (Å²) in [5.41, 5.74) is 4.11. The van der Waals surface area contributed by atoms with Crippen LogP contribution in [-0.2, 0) is 24.4 Å². The van der Waals surface area contributed by atoms with E-state index in [9.17, 15) is 4.79 Å². The molecule has 6 nitrogen and oxygen atoms in total. The van der Waals surface area contributed by atoms with Crippen LogP contribution in [0.2, 0.25) is 0 Å². The van der Waals surface area contributed by atoms with Crippen molar-refractivity contribution in [2.75, 3.05) is 13.1 Å². The quantitative estimate of drug-likeness (QED) is 0.658. The third-order valence-corrected chi connectivity index (χ3v) is 5.62. The highest BCUT2D eigenvalue weighted by molar-refractivity contribution is 5.76. The van der Waals surface area contributed by atoms with Gasteiger partial charge in [-0.3, -0.25) is 14.5 Å². The minimum absolute atomic E-state index is 0.0517. The van der Waals surface area contributed by atoms with Gasteiger partial charge in [0.25, 0.3) is 0 Å². The van der Waals surface area contributed by atoms with Gasteiger partial charge in [-0.15, -0.1) is 0 Å². The van der Waals surface area contributed by atoms with E-state index in [2.05, 4.69) is 33.6 Å². The molecule has 0 saturated carbocycles. The number of carbonyl (C=O) groups excluding carboxylic acids is 1. The van der Waals surface area contributed by atoms with E-state index in [1.54, 1.807) is 6.20 Å². The van der Waals surface area contributed by atoms with Crippen LogP contribution in [0.4, 0.5) is 0 Å². The van der Waals surface area contributed by atoms with E-state index in [0.717, 1.165) is 48.6 Å². The van der Waals surface area contributed by atoms with Crippen LogP contribution in [0.5, 0.6) is 0 Å². The first-order valence-electron chi connectivity index (χ1n) is 10.7. The minimum atomic E-state index is 0.0517. The predicted octanol–water partition coefficient (Wildman–Crippen LogP) is 3.28. The molecule has 1 saturated heterocycles. The molecule has 1 N–H and O–H groups in total. The molecule has 3 aromatic rings. The number of piperidine rings is 1. The summed E-state index contributed by atoms with van der Waals surface area (Å²) in [7, 11) is 0. The van der Waals surface area contributed by atoms with Crippen molar-refractivity contribution < 1.29 is 4.79 Å². The van der Waals surface area contributed by atoms with Crippen LogP contribution >= 0.6 is 0 Å². The molecule has 1 amide bonds. The molecule has 1 fully saturated rings. The normalized spacial score (nSPS) is 16.4. The number of aryl methyl sites for hydroxylation is 1. The van der Waals surface area contributed by atoms with Crippen molar-refractivity contribution in [2.45, 2.75) is 45.3 Å². The zero-order chi connectivity index (χ0) is 20.8. The molecule has 1 aromatic carbocycles. The maximum absolute atomic E-state index is 13.4. The van der Waals surface area contributed by atoms with Gasteiger partial charge in [0.1, 0.15) is 6.54 Å².